The van der Waals surface area contributed by atoms with E-state index in [9.17, 15) is 4.79 Å². The first-order chi connectivity index (χ1) is 11.2. The van der Waals surface area contributed by atoms with Gasteiger partial charge in [0.2, 0.25) is 5.91 Å². The third kappa shape index (κ3) is 3.97. The maximum Gasteiger partial charge on any atom is 0.246 e. The average Bonchev–Trinajstić information content (AvgIpc) is 2.96. The van der Waals surface area contributed by atoms with Gasteiger partial charge in [-0.1, -0.05) is 0 Å². The normalized spacial score (nSPS) is 15.9. The first-order valence-corrected chi connectivity index (χ1v) is 7.78. The summed E-state index contributed by atoms with van der Waals surface area (Å²) in [7, 11) is 0. The number of amides is 1. The Hall–Kier alpha value is -2.63. The number of aryl methyl sites for hydroxylation is 1. The molecule has 1 aliphatic heterocycles. The molecular formula is C17H20N4O2. The zero-order valence-corrected chi connectivity index (χ0v) is 13.2. The molecule has 0 atom stereocenters. The molecule has 23 heavy (non-hydrogen) atoms. The summed E-state index contributed by atoms with van der Waals surface area (Å²) in [6.07, 6.45) is 5.78. The summed E-state index contributed by atoms with van der Waals surface area (Å²) >= 11 is 0. The highest BCUT2D eigenvalue weighted by atomic mass is 16.3. The highest BCUT2D eigenvalue weighted by Crippen LogP contribution is 2.13. The highest BCUT2D eigenvalue weighted by Gasteiger charge is 2.18. The van der Waals surface area contributed by atoms with Gasteiger partial charge >= 0.3 is 0 Å². The number of carbonyl (C=O) groups is 1. The molecule has 0 radical (unpaired) electrons. The predicted molar refractivity (Wildman–Crippen MR) is 87.9 cm³/mol. The largest absolute Gasteiger partial charge is 0.465 e. The van der Waals surface area contributed by atoms with Gasteiger partial charge in [0.1, 0.15) is 5.76 Å². The molecule has 2 aromatic rings. The van der Waals surface area contributed by atoms with E-state index in [1.807, 2.05) is 30.0 Å². The molecule has 0 aromatic carbocycles. The molecule has 0 unspecified atom stereocenters. The fourth-order valence-electron chi connectivity index (χ4n) is 2.57. The number of hydrogen-bond acceptors (Lipinski definition) is 5. The third-order valence-corrected chi connectivity index (χ3v) is 3.85. The van der Waals surface area contributed by atoms with Crippen molar-refractivity contribution in [1.82, 2.24) is 15.1 Å². The first-order valence-electron chi connectivity index (χ1n) is 7.78. The zero-order valence-electron chi connectivity index (χ0n) is 13.2. The minimum atomic E-state index is 0.0123. The average molecular weight is 312 g/mol. The van der Waals surface area contributed by atoms with Crippen LogP contribution in [0, 0.1) is 6.92 Å². The van der Waals surface area contributed by atoms with E-state index < -0.39 is 0 Å². The molecule has 2 aromatic heterocycles. The summed E-state index contributed by atoms with van der Waals surface area (Å²) in [5, 5.41) is 8.33. The van der Waals surface area contributed by atoms with Gasteiger partial charge in [-0.05, 0) is 43.7 Å². The van der Waals surface area contributed by atoms with E-state index >= 15 is 0 Å². The van der Waals surface area contributed by atoms with Crippen LogP contribution in [0.3, 0.4) is 0 Å². The van der Waals surface area contributed by atoms with Gasteiger partial charge in [-0.3, -0.25) is 4.79 Å². The second-order valence-electron chi connectivity index (χ2n) is 5.55. The van der Waals surface area contributed by atoms with Gasteiger partial charge in [0.25, 0.3) is 0 Å². The molecule has 1 aliphatic rings. The maximum atomic E-state index is 12.3. The Morgan fingerprint density at radius 2 is 2.09 bits per heavy atom. The van der Waals surface area contributed by atoms with Crippen LogP contribution < -0.4 is 4.90 Å². The van der Waals surface area contributed by atoms with E-state index in [1.165, 1.54) is 0 Å². The van der Waals surface area contributed by atoms with Crippen LogP contribution in [0.2, 0.25) is 0 Å². The minimum absolute atomic E-state index is 0.0123. The molecule has 0 bridgehead atoms. The quantitative estimate of drug-likeness (QED) is 0.813. The topological polar surface area (TPSA) is 62.5 Å². The Kier molecular flexibility index (Phi) is 4.71. The Morgan fingerprint density at radius 3 is 2.83 bits per heavy atom. The van der Waals surface area contributed by atoms with Crippen LogP contribution >= 0.6 is 0 Å². The highest BCUT2D eigenvalue weighted by molar-refractivity contribution is 5.91. The predicted octanol–water partition coefficient (Wildman–Crippen LogP) is 2.13. The summed E-state index contributed by atoms with van der Waals surface area (Å²) in [5.41, 5.74) is 0.906. The molecule has 3 heterocycles. The standard InChI is InChI=1S/C17H20N4O2/c1-14-5-7-16(19-18-14)20-9-3-10-21(12-11-20)17(22)8-6-15-4-2-13-23-15/h2,4-8,13H,3,9-12H2,1H3. The van der Waals surface area contributed by atoms with Crippen LogP contribution in [0.4, 0.5) is 5.82 Å². The Bertz CT molecular complexity index is 664. The van der Waals surface area contributed by atoms with Gasteiger partial charge in [-0.15, -0.1) is 5.10 Å². The van der Waals surface area contributed by atoms with Gasteiger partial charge in [-0.2, -0.15) is 5.10 Å². The van der Waals surface area contributed by atoms with E-state index in [1.54, 1.807) is 24.5 Å². The van der Waals surface area contributed by atoms with E-state index in [4.69, 9.17) is 4.42 Å². The molecule has 1 fully saturated rings. The van der Waals surface area contributed by atoms with E-state index in [2.05, 4.69) is 15.1 Å². The zero-order chi connectivity index (χ0) is 16.1. The maximum absolute atomic E-state index is 12.3. The number of rotatable bonds is 3. The summed E-state index contributed by atoms with van der Waals surface area (Å²) < 4.78 is 5.20. The molecule has 0 spiro atoms. The van der Waals surface area contributed by atoms with Crippen LogP contribution in [-0.4, -0.2) is 47.2 Å². The van der Waals surface area contributed by atoms with Crippen molar-refractivity contribution in [3.05, 3.63) is 48.1 Å². The van der Waals surface area contributed by atoms with Crippen molar-refractivity contribution in [2.45, 2.75) is 13.3 Å². The molecule has 1 saturated heterocycles. The van der Waals surface area contributed by atoms with Crippen molar-refractivity contribution in [2.75, 3.05) is 31.1 Å². The van der Waals surface area contributed by atoms with Crippen molar-refractivity contribution >= 4 is 17.8 Å². The Balaban J connectivity index is 1.59. The third-order valence-electron chi connectivity index (χ3n) is 3.85. The van der Waals surface area contributed by atoms with Gasteiger partial charge in [0.15, 0.2) is 5.82 Å². The second-order valence-corrected chi connectivity index (χ2v) is 5.55. The van der Waals surface area contributed by atoms with Crippen LogP contribution in [-0.2, 0) is 4.79 Å². The SMILES string of the molecule is Cc1ccc(N2CCCN(C(=O)C=Cc3ccco3)CC2)nn1. The second kappa shape index (κ2) is 7.09. The number of aromatic nitrogens is 2. The van der Waals surface area contributed by atoms with E-state index in [0.717, 1.165) is 37.6 Å². The van der Waals surface area contributed by atoms with Crippen molar-refractivity contribution in [2.24, 2.45) is 0 Å². The van der Waals surface area contributed by atoms with Crippen LogP contribution in [0.25, 0.3) is 6.08 Å². The summed E-state index contributed by atoms with van der Waals surface area (Å²) in [5.74, 6) is 1.57. The lowest BCUT2D eigenvalue weighted by atomic mass is 10.3. The first kappa shape index (κ1) is 15.3. The number of hydrogen-bond donors (Lipinski definition) is 0. The number of anilines is 1. The smallest absolute Gasteiger partial charge is 0.246 e. The van der Waals surface area contributed by atoms with Crippen molar-refractivity contribution in [3.8, 4) is 0 Å². The van der Waals surface area contributed by atoms with Crippen LogP contribution in [0.5, 0.6) is 0 Å². The van der Waals surface area contributed by atoms with Gasteiger partial charge in [0.05, 0.1) is 12.0 Å². The monoisotopic (exact) mass is 312 g/mol. The molecule has 1 amide bonds. The molecule has 0 N–H and O–H groups in total. The summed E-state index contributed by atoms with van der Waals surface area (Å²) in [6.45, 7) is 4.99. The summed E-state index contributed by atoms with van der Waals surface area (Å²) in [4.78, 5) is 16.3. The van der Waals surface area contributed by atoms with E-state index in [-0.39, 0.29) is 5.91 Å². The lowest BCUT2D eigenvalue weighted by molar-refractivity contribution is -0.125. The molecular weight excluding hydrogens is 292 g/mol. The summed E-state index contributed by atoms with van der Waals surface area (Å²) in [6, 6.07) is 7.57. The molecule has 6 nitrogen and oxygen atoms in total. The van der Waals surface area contributed by atoms with Crippen molar-refractivity contribution < 1.29 is 9.21 Å². The van der Waals surface area contributed by atoms with Crippen molar-refractivity contribution in [1.29, 1.82) is 0 Å². The van der Waals surface area contributed by atoms with Crippen LogP contribution in [0.1, 0.15) is 17.9 Å². The molecule has 0 saturated carbocycles. The molecule has 120 valence electrons. The lowest BCUT2D eigenvalue weighted by Gasteiger charge is -2.21. The number of carbonyl (C=O) groups excluding carboxylic acids is 1. The molecule has 0 aliphatic carbocycles. The van der Waals surface area contributed by atoms with Crippen molar-refractivity contribution in [3.63, 3.8) is 0 Å². The number of nitrogens with zero attached hydrogens (tertiary/aromatic N) is 4. The fraction of sp³-hybridized carbons (Fsp3) is 0.353. The van der Waals surface area contributed by atoms with E-state index in [0.29, 0.717) is 12.3 Å². The van der Waals surface area contributed by atoms with Gasteiger partial charge in [-0.25, -0.2) is 0 Å². The van der Waals surface area contributed by atoms with Gasteiger partial charge < -0.3 is 14.2 Å². The molecule has 3 rings (SSSR count). The fourth-order valence-corrected chi connectivity index (χ4v) is 2.57. The van der Waals surface area contributed by atoms with Gasteiger partial charge in [0, 0.05) is 32.3 Å². The molecule has 6 heteroatoms. The number of furan rings is 1. The Labute approximate surface area is 135 Å². The Morgan fingerprint density at radius 1 is 1.17 bits per heavy atom. The lowest BCUT2D eigenvalue weighted by Crippen LogP contribution is -2.34. The minimum Gasteiger partial charge on any atom is -0.465 e. The van der Waals surface area contributed by atoms with Crippen LogP contribution in [0.15, 0.2) is 41.0 Å².